The molecule has 1 aliphatic heterocycles. The average molecular weight is 375 g/mol. The molecule has 0 unspecified atom stereocenters. The Bertz CT molecular complexity index is 934. The van der Waals surface area contributed by atoms with Crippen LogP contribution in [0, 0.1) is 0 Å². The predicted octanol–water partition coefficient (Wildman–Crippen LogP) is 3.49. The molecule has 1 aromatic carbocycles. The highest BCUT2D eigenvalue weighted by Gasteiger charge is 2.27. The summed E-state index contributed by atoms with van der Waals surface area (Å²) in [4.78, 5) is 22.6. The highest BCUT2D eigenvalue weighted by molar-refractivity contribution is 7.15. The molecule has 1 aliphatic rings. The number of halogens is 1. The van der Waals surface area contributed by atoms with Crippen LogP contribution in [0.2, 0.25) is 5.02 Å². The summed E-state index contributed by atoms with van der Waals surface area (Å²) >= 11 is 7.76. The van der Waals surface area contributed by atoms with Gasteiger partial charge < -0.3 is 9.80 Å². The van der Waals surface area contributed by atoms with Gasteiger partial charge in [-0.3, -0.25) is 9.20 Å². The van der Waals surface area contributed by atoms with E-state index in [4.69, 9.17) is 11.6 Å². The van der Waals surface area contributed by atoms with Crippen molar-refractivity contribution in [3.63, 3.8) is 0 Å². The largest absolute Gasteiger partial charge is 0.334 e. The number of imidazole rings is 1. The molecule has 1 saturated heterocycles. The van der Waals surface area contributed by atoms with Gasteiger partial charge in [0.05, 0.1) is 10.7 Å². The summed E-state index contributed by atoms with van der Waals surface area (Å²) in [5, 5.41) is 2.55. The molecule has 0 bridgehead atoms. The van der Waals surface area contributed by atoms with E-state index in [2.05, 4.69) is 23.9 Å². The number of nitrogens with zero attached hydrogens (tertiary/aromatic N) is 4. The highest BCUT2D eigenvalue weighted by Crippen LogP contribution is 2.29. The smallest absolute Gasteiger partial charge is 0.271 e. The fourth-order valence-electron chi connectivity index (χ4n) is 3.13. The molecule has 1 amide bonds. The normalized spacial score (nSPS) is 18.8. The van der Waals surface area contributed by atoms with Crippen LogP contribution in [0.15, 0.2) is 35.8 Å². The average Bonchev–Trinajstić information content (AvgIpc) is 3.17. The van der Waals surface area contributed by atoms with Crippen molar-refractivity contribution in [2.75, 3.05) is 26.7 Å². The molecule has 7 heteroatoms. The summed E-state index contributed by atoms with van der Waals surface area (Å²) in [6, 6.07) is 7.99. The lowest BCUT2D eigenvalue weighted by Crippen LogP contribution is -2.52. The monoisotopic (exact) mass is 374 g/mol. The van der Waals surface area contributed by atoms with Gasteiger partial charge in [0.15, 0.2) is 4.96 Å². The maximum Gasteiger partial charge on any atom is 0.271 e. The third-order valence-corrected chi connectivity index (χ3v) is 5.99. The molecule has 3 heterocycles. The van der Waals surface area contributed by atoms with Crippen LogP contribution in [0.3, 0.4) is 0 Å². The molecule has 4 rings (SSSR count). The number of likely N-dealkylation sites (N-methyl/N-ethyl adjacent to an activating group) is 1. The van der Waals surface area contributed by atoms with E-state index in [1.54, 1.807) is 0 Å². The van der Waals surface area contributed by atoms with Crippen molar-refractivity contribution < 1.29 is 4.79 Å². The molecule has 0 N–H and O–H groups in total. The Labute approximate surface area is 155 Å². The van der Waals surface area contributed by atoms with Crippen molar-refractivity contribution in [2.45, 2.75) is 13.0 Å². The first-order valence-corrected chi connectivity index (χ1v) is 9.51. The molecule has 130 valence electrons. The molecule has 0 radical (unpaired) electrons. The van der Waals surface area contributed by atoms with Gasteiger partial charge in [-0.05, 0) is 20.0 Å². The Balaban J connectivity index is 1.67. The molecule has 0 aliphatic carbocycles. The van der Waals surface area contributed by atoms with Crippen LogP contribution in [0.25, 0.3) is 16.2 Å². The molecule has 0 spiro atoms. The molecule has 5 nitrogen and oxygen atoms in total. The van der Waals surface area contributed by atoms with E-state index in [9.17, 15) is 4.79 Å². The number of thiazole rings is 1. The molecule has 2 aromatic heterocycles. The Morgan fingerprint density at radius 1 is 1.32 bits per heavy atom. The quantitative estimate of drug-likeness (QED) is 0.689. The summed E-state index contributed by atoms with van der Waals surface area (Å²) in [7, 11) is 2.10. The fourth-order valence-corrected chi connectivity index (χ4v) is 4.21. The van der Waals surface area contributed by atoms with Crippen molar-refractivity contribution in [1.82, 2.24) is 19.2 Å². The number of benzene rings is 1. The Morgan fingerprint density at radius 2 is 2.12 bits per heavy atom. The number of carbonyl (C=O) groups excluding carboxylic acids is 1. The van der Waals surface area contributed by atoms with Crippen LogP contribution < -0.4 is 0 Å². The van der Waals surface area contributed by atoms with Gasteiger partial charge in [-0.1, -0.05) is 29.8 Å². The first kappa shape index (κ1) is 16.6. The minimum Gasteiger partial charge on any atom is -0.334 e. The summed E-state index contributed by atoms with van der Waals surface area (Å²) in [6.45, 7) is 4.55. The lowest BCUT2D eigenvalue weighted by Gasteiger charge is -2.37. The third-order valence-electron chi connectivity index (χ3n) is 4.82. The fraction of sp³-hybridized carbons (Fsp3) is 0.333. The van der Waals surface area contributed by atoms with Gasteiger partial charge in [-0.15, -0.1) is 11.3 Å². The number of hydrogen-bond acceptors (Lipinski definition) is 4. The van der Waals surface area contributed by atoms with Crippen LogP contribution in [-0.2, 0) is 0 Å². The minimum absolute atomic E-state index is 0.0642. The second-order valence-electron chi connectivity index (χ2n) is 6.46. The molecule has 3 aromatic rings. The summed E-state index contributed by atoms with van der Waals surface area (Å²) < 4.78 is 1.88. The summed E-state index contributed by atoms with van der Waals surface area (Å²) in [5.74, 6) is 0.0642. The van der Waals surface area contributed by atoms with E-state index in [0.29, 0.717) is 16.8 Å². The van der Waals surface area contributed by atoms with Crippen molar-refractivity contribution in [3.8, 4) is 11.3 Å². The van der Waals surface area contributed by atoms with E-state index in [1.807, 2.05) is 45.1 Å². The van der Waals surface area contributed by atoms with Gasteiger partial charge in [0.25, 0.3) is 5.91 Å². The number of amides is 1. The van der Waals surface area contributed by atoms with Crippen molar-refractivity contribution in [1.29, 1.82) is 0 Å². The van der Waals surface area contributed by atoms with Crippen molar-refractivity contribution >= 4 is 33.8 Å². The lowest BCUT2D eigenvalue weighted by molar-refractivity contribution is 0.0566. The number of hydrogen-bond donors (Lipinski definition) is 0. The first-order chi connectivity index (χ1) is 12.0. The van der Waals surface area contributed by atoms with Crippen LogP contribution >= 0.6 is 22.9 Å². The molecule has 1 fully saturated rings. The molecular weight excluding hydrogens is 356 g/mol. The van der Waals surface area contributed by atoms with E-state index in [-0.39, 0.29) is 5.91 Å². The Hall–Kier alpha value is -1.89. The topological polar surface area (TPSA) is 40.9 Å². The standard InChI is InChI=1S/C18H19ClN4OS/c1-12-9-22(8-7-21(12)2)17(24)16-11-25-18-20-15(10-23(16)18)13-5-3-4-6-14(13)19/h3-6,10-12H,7-9H2,1-2H3/t12-/m1/s1. The van der Waals surface area contributed by atoms with Gasteiger partial charge in [0.2, 0.25) is 0 Å². The zero-order valence-corrected chi connectivity index (χ0v) is 15.7. The predicted molar refractivity (Wildman–Crippen MR) is 102 cm³/mol. The molecule has 0 saturated carbocycles. The second-order valence-corrected chi connectivity index (χ2v) is 7.70. The zero-order valence-electron chi connectivity index (χ0n) is 14.1. The van der Waals surface area contributed by atoms with Crippen LogP contribution in [0.4, 0.5) is 0 Å². The van der Waals surface area contributed by atoms with Gasteiger partial charge >= 0.3 is 0 Å². The van der Waals surface area contributed by atoms with Crippen molar-refractivity contribution in [3.05, 3.63) is 46.6 Å². The SMILES string of the molecule is C[C@@H]1CN(C(=O)c2csc3nc(-c4ccccc4Cl)cn23)CCN1C. The van der Waals surface area contributed by atoms with E-state index in [1.165, 1.54) is 11.3 Å². The second kappa shape index (κ2) is 6.44. The van der Waals surface area contributed by atoms with Gasteiger partial charge in [0.1, 0.15) is 5.69 Å². The molecule has 1 atom stereocenters. The maximum atomic E-state index is 13.0. The van der Waals surface area contributed by atoms with E-state index in [0.717, 1.165) is 35.9 Å². The summed E-state index contributed by atoms with van der Waals surface area (Å²) in [6.07, 6.45) is 1.90. The number of piperazine rings is 1. The zero-order chi connectivity index (χ0) is 17.6. The number of carbonyl (C=O) groups is 1. The summed E-state index contributed by atoms with van der Waals surface area (Å²) in [5.41, 5.74) is 2.34. The van der Waals surface area contributed by atoms with Crippen molar-refractivity contribution in [2.24, 2.45) is 0 Å². The number of aromatic nitrogens is 2. The minimum atomic E-state index is 0.0642. The lowest BCUT2D eigenvalue weighted by atomic mass is 10.2. The first-order valence-electron chi connectivity index (χ1n) is 8.25. The van der Waals surface area contributed by atoms with Gasteiger partial charge in [-0.2, -0.15) is 0 Å². The van der Waals surface area contributed by atoms with Gasteiger partial charge in [-0.25, -0.2) is 4.98 Å². The maximum absolute atomic E-state index is 13.0. The third kappa shape index (κ3) is 2.94. The molecule has 25 heavy (non-hydrogen) atoms. The van der Waals surface area contributed by atoms with Crippen LogP contribution in [0.5, 0.6) is 0 Å². The van der Waals surface area contributed by atoms with E-state index < -0.39 is 0 Å². The Morgan fingerprint density at radius 3 is 2.88 bits per heavy atom. The van der Waals surface area contributed by atoms with Crippen LogP contribution in [0.1, 0.15) is 17.4 Å². The number of rotatable bonds is 2. The van der Waals surface area contributed by atoms with E-state index >= 15 is 0 Å². The van der Waals surface area contributed by atoms with Crippen LogP contribution in [-0.4, -0.2) is 57.8 Å². The van der Waals surface area contributed by atoms with Gasteiger partial charge in [0, 0.05) is 42.8 Å². The highest BCUT2D eigenvalue weighted by atomic mass is 35.5. The molecular formula is C18H19ClN4OS. The number of fused-ring (bicyclic) bond motifs is 1. The Kier molecular flexibility index (Phi) is 4.27.